The number of anilines is 1. The molecule has 1 aromatic rings. The second-order valence-corrected chi connectivity index (χ2v) is 4.31. The monoisotopic (exact) mass is 231 g/mol. The molecule has 0 heterocycles. The van der Waals surface area contributed by atoms with E-state index in [1.165, 1.54) is 6.07 Å². The molecule has 6 heteroatoms. The van der Waals surface area contributed by atoms with Crippen molar-refractivity contribution >= 4 is 13.5 Å². The molecule has 15 heavy (non-hydrogen) atoms. The number of nitrogens with two attached hydrogens (primary N) is 1. The van der Waals surface area contributed by atoms with Crippen molar-refractivity contribution < 1.29 is 18.5 Å². The van der Waals surface area contributed by atoms with Crippen LogP contribution in [-0.2, 0) is 9.09 Å². The summed E-state index contributed by atoms with van der Waals surface area (Å²) in [5.41, 5.74) is 5.84. The molecule has 0 aliphatic rings. The fourth-order valence-electron chi connectivity index (χ4n) is 0.921. The van der Waals surface area contributed by atoms with Crippen molar-refractivity contribution in [1.29, 1.82) is 0 Å². The van der Waals surface area contributed by atoms with E-state index >= 15 is 0 Å². The summed E-state index contributed by atoms with van der Waals surface area (Å²) in [6.45, 7) is 2.00. The molecule has 0 aliphatic heterocycles. The lowest BCUT2D eigenvalue weighted by molar-refractivity contribution is 0.204. The Kier molecular flexibility index (Phi) is 4.15. The van der Waals surface area contributed by atoms with Crippen LogP contribution in [0.2, 0.25) is 0 Å². The van der Waals surface area contributed by atoms with Gasteiger partial charge >= 0.3 is 7.82 Å². The molecule has 1 aromatic carbocycles. The lowest BCUT2D eigenvalue weighted by Gasteiger charge is -2.13. The molecular weight excluding hydrogens is 217 g/mol. The van der Waals surface area contributed by atoms with Gasteiger partial charge in [0.05, 0.1) is 12.3 Å². The summed E-state index contributed by atoms with van der Waals surface area (Å²) in [5.74, 6) is 0.152. The van der Waals surface area contributed by atoms with Crippen LogP contribution >= 0.6 is 7.82 Å². The molecule has 0 aromatic heterocycles. The molecule has 3 N–H and O–H groups in total. The number of para-hydroxylation sites is 2. The normalized spacial score (nSPS) is 14.5. The van der Waals surface area contributed by atoms with Crippen LogP contribution in [0, 0.1) is 0 Å². The van der Waals surface area contributed by atoms with Crippen LogP contribution < -0.4 is 10.3 Å². The van der Waals surface area contributed by atoms with Crippen molar-refractivity contribution in [3.05, 3.63) is 24.3 Å². The van der Waals surface area contributed by atoms with E-state index in [-0.39, 0.29) is 12.4 Å². The molecular formula is C9H14NO4P. The molecule has 0 fully saturated rings. The van der Waals surface area contributed by atoms with Crippen LogP contribution in [0.15, 0.2) is 24.3 Å². The summed E-state index contributed by atoms with van der Waals surface area (Å²) in [6, 6.07) is 6.45. The maximum atomic E-state index is 11.3. The van der Waals surface area contributed by atoms with Gasteiger partial charge in [-0.15, -0.1) is 0 Å². The highest BCUT2D eigenvalue weighted by Crippen LogP contribution is 2.45. The first-order valence-electron chi connectivity index (χ1n) is 4.56. The second kappa shape index (κ2) is 5.16. The van der Waals surface area contributed by atoms with Crippen LogP contribution in [0.25, 0.3) is 0 Å². The molecule has 0 saturated heterocycles. The third kappa shape index (κ3) is 3.91. The molecule has 0 spiro atoms. The van der Waals surface area contributed by atoms with Gasteiger partial charge in [-0.3, -0.25) is 9.42 Å². The highest BCUT2D eigenvalue weighted by Gasteiger charge is 2.23. The summed E-state index contributed by atoms with van der Waals surface area (Å²) < 4.78 is 20.8. The van der Waals surface area contributed by atoms with Gasteiger partial charge in [0.15, 0.2) is 5.75 Å². The fraction of sp³-hybridized carbons (Fsp3) is 0.333. The zero-order chi connectivity index (χ0) is 11.3. The van der Waals surface area contributed by atoms with Crippen LogP contribution in [-0.4, -0.2) is 11.5 Å². The molecule has 5 nitrogen and oxygen atoms in total. The number of hydrogen-bond donors (Lipinski definition) is 2. The van der Waals surface area contributed by atoms with Gasteiger partial charge < -0.3 is 10.3 Å². The molecule has 1 rings (SSSR count). The molecule has 84 valence electrons. The fourth-order valence-corrected chi connectivity index (χ4v) is 1.80. The van der Waals surface area contributed by atoms with Crippen molar-refractivity contribution in [1.82, 2.24) is 0 Å². The van der Waals surface area contributed by atoms with E-state index in [1.807, 2.05) is 6.92 Å². The minimum atomic E-state index is -4.04. The van der Waals surface area contributed by atoms with Crippen molar-refractivity contribution in [3.63, 3.8) is 0 Å². The van der Waals surface area contributed by atoms with Crippen LogP contribution in [0.4, 0.5) is 5.69 Å². The number of phosphoric ester groups is 1. The predicted molar refractivity (Wildman–Crippen MR) is 57.6 cm³/mol. The number of hydrogen-bond acceptors (Lipinski definition) is 4. The van der Waals surface area contributed by atoms with E-state index in [4.69, 9.17) is 10.3 Å². The van der Waals surface area contributed by atoms with Gasteiger partial charge in [0.25, 0.3) is 0 Å². The Hall–Kier alpha value is -1.03. The number of nitrogen functional groups attached to an aromatic ring is 1. The lowest BCUT2D eigenvalue weighted by atomic mass is 10.3. The Morgan fingerprint density at radius 1 is 1.47 bits per heavy atom. The lowest BCUT2D eigenvalue weighted by Crippen LogP contribution is -2.00. The minimum absolute atomic E-state index is 0.152. The van der Waals surface area contributed by atoms with Gasteiger partial charge in [-0.1, -0.05) is 19.1 Å². The molecule has 1 unspecified atom stereocenters. The van der Waals surface area contributed by atoms with Gasteiger partial charge in [-0.2, -0.15) is 0 Å². The van der Waals surface area contributed by atoms with Crippen molar-refractivity contribution in [3.8, 4) is 5.75 Å². The van der Waals surface area contributed by atoms with E-state index in [2.05, 4.69) is 4.52 Å². The highest BCUT2D eigenvalue weighted by atomic mass is 31.2. The van der Waals surface area contributed by atoms with E-state index < -0.39 is 7.82 Å². The van der Waals surface area contributed by atoms with Gasteiger partial charge in [0.2, 0.25) is 0 Å². The average molecular weight is 231 g/mol. The first-order chi connectivity index (χ1) is 7.05. The highest BCUT2D eigenvalue weighted by molar-refractivity contribution is 7.47. The zero-order valence-electron chi connectivity index (χ0n) is 8.42. The molecule has 0 saturated carbocycles. The first kappa shape index (κ1) is 12.0. The van der Waals surface area contributed by atoms with Crippen LogP contribution in [0.5, 0.6) is 5.75 Å². The third-order valence-corrected chi connectivity index (χ3v) is 2.53. The van der Waals surface area contributed by atoms with E-state index in [9.17, 15) is 9.46 Å². The summed E-state index contributed by atoms with van der Waals surface area (Å²) in [5, 5.41) is 0. The summed E-state index contributed by atoms with van der Waals surface area (Å²) in [6.07, 6.45) is 0.637. The largest absolute Gasteiger partial charge is 0.527 e. The van der Waals surface area contributed by atoms with Gasteiger partial charge in [0.1, 0.15) is 0 Å². The number of benzene rings is 1. The smallest absolute Gasteiger partial charge is 0.402 e. The Balaban J connectivity index is 2.69. The quantitative estimate of drug-likeness (QED) is 0.599. The standard InChI is InChI=1S/C9H14NO4P/c1-2-7-13-15(11,12)14-9-6-4-3-5-8(9)10/h3-6H,2,7,10H2,1H3,(H,11,12). The van der Waals surface area contributed by atoms with Crippen LogP contribution in [0.1, 0.15) is 13.3 Å². The minimum Gasteiger partial charge on any atom is -0.402 e. The third-order valence-electron chi connectivity index (χ3n) is 1.59. The first-order valence-corrected chi connectivity index (χ1v) is 6.06. The SMILES string of the molecule is CCCOP(=O)(O)Oc1ccccc1N. The Morgan fingerprint density at radius 2 is 2.13 bits per heavy atom. The molecule has 0 bridgehead atoms. The number of phosphoric acid groups is 1. The van der Waals surface area contributed by atoms with E-state index in [1.54, 1.807) is 18.2 Å². The maximum Gasteiger partial charge on any atom is 0.527 e. The molecule has 0 amide bonds. The summed E-state index contributed by atoms with van der Waals surface area (Å²) >= 11 is 0. The molecule has 0 radical (unpaired) electrons. The van der Waals surface area contributed by atoms with Gasteiger partial charge in [0, 0.05) is 0 Å². The number of rotatable bonds is 5. The van der Waals surface area contributed by atoms with Crippen molar-refractivity contribution in [2.24, 2.45) is 0 Å². The predicted octanol–water partition coefficient (Wildman–Crippen LogP) is 2.17. The maximum absolute atomic E-state index is 11.3. The van der Waals surface area contributed by atoms with Gasteiger partial charge in [-0.25, -0.2) is 4.57 Å². The summed E-state index contributed by atoms with van der Waals surface area (Å²) in [4.78, 5) is 9.28. The topological polar surface area (TPSA) is 81.8 Å². The van der Waals surface area contributed by atoms with E-state index in [0.29, 0.717) is 12.1 Å². The Morgan fingerprint density at radius 3 is 2.73 bits per heavy atom. The second-order valence-electron chi connectivity index (χ2n) is 2.93. The Labute approximate surface area is 88.4 Å². The van der Waals surface area contributed by atoms with Crippen molar-refractivity contribution in [2.45, 2.75) is 13.3 Å². The average Bonchev–Trinajstić information content (AvgIpc) is 2.18. The zero-order valence-corrected chi connectivity index (χ0v) is 9.31. The summed E-state index contributed by atoms with van der Waals surface area (Å²) in [7, 11) is -4.04. The van der Waals surface area contributed by atoms with E-state index in [0.717, 1.165) is 0 Å². The Bertz CT molecular complexity index is 369. The van der Waals surface area contributed by atoms with Crippen molar-refractivity contribution in [2.75, 3.05) is 12.3 Å². The van der Waals surface area contributed by atoms with Gasteiger partial charge in [-0.05, 0) is 18.6 Å². The molecule has 0 aliphatic carbocycles. The molecule has 1 atom stereocenters. The van der Waals surface area contributed by atoms with Crippen LogP contribution in [0.3, 0.4) is 0 Å².